The number of carbonyl (C=O) groups excluding carboxylic acids is 1. The lowest BCUT2D eigenvalue weighted by atomic mass is 9.98. The summed E-state index contributed by atoms with van der Waals surface area (Å²) in [5.74, 6) is -1.44. The summed E-state index contributed by atoms with van der Waals surface area (Å²) in [6.07, 6.45) is -0.0772. The van der Waals surface area contributed by atoms with Crippen molar-refractivity contribution in [3.8, 4) is 0 Å². The van der Waals surface area contributed by atoms with E-state index in [0.29, 0.717) is 13.2 Å². The van der Waals surface area contributed by atoms with Crippen molar-refractivity contribution in [2.24, 2.45) is 17.6 Å². The highest BCUT2D eigenvalue weighted by molar-refractivity contribution is 5.81. The fraction of sp³-hybridized carbons (Fsp3) is 0.818. The number of nitrogens with two attached hydrogens (primary N) is 1. The van der Waals surface area contributed by atoms with Crippen LogP contribution in [0.3, 0.4) is 0 Å². The average molecular weight is 244 g/mol. The number of hydrogen-bond acceptors (Lipinski definition) is 4. The lowest BCUT2D eigenvalue weighted by Crippen LogP contribution is -2.47. The summed E-state index contributed by atoms with van der Waals surface area (Å²) < 4.78 is 5.11. The molecule has 0 aliphatic carbocycles. The fourth-order valence-corrected chi connectivity index (χ4v) is 1.77. The van der Waals surface area contributed by atoms with Gasteiger partial charge in [0.2, 0.25) is 5.91 Å². The van der Waals surface area contributed by atoms with Gasteiger partial charge in [-0.1, -0.05) is 13.8 Å². The zero-order chi connectivity index (χ0) is 13.0. The van der Waals surface area contributed by atoms with Crippen molar-refractivity contribution in [3.05, 3.63) is 0 Å². The van der Waals surface area contributed by atoms with E-state index in [1.807, 2.05) is 13.8 Å². The Kier molecular flexibility index (Phi) is 4.89. The van der Waals surface area contributed by atoms with Crippen LogP contribution in [0.25, 0.3) is 0 Å². The molecule has 1 rings (SSSR count). The van der Waals surface area contributed by atoms with E-state index in [1.165, 1.54) is 0 Å². The largest absolute Gasteiger partial charge is 0.481 e. The second-order valence-corrected chi connectivity index (χ2v) is 4.76. The topological polar surface area (TPSA) is 102 Å². The summed E-state index contributed by atoms with van der Waals surface area (Å²) in [5.41, 5.74) is 5.73. The maximum Gasteiger partial charge on any atom is 0.305 e. The molecule has 3 atom stereocenters. The molecule has 1 heterocycles. The fourth-order valence-electron chi connectivity index (χ4n) is 1.77. The van der Waals surface area contributed by atoms with Crippen LogP contribution in [0.1, 0.15) is 20.3 Å². The molecular weight excluding hydrogens is 224 g/mol. The predicted octanol–water partition coefficient (Wildman–Crippen LogP) is -0.424. The van der Waals surface area contributed by atoms with Crippen LogP contribution in [-0.2, 0) is 14.3 Å². The van der Waals surface area contributed by atoms with E-state index in [0.717, 1.165) is 0 Å². The van der Waals surface area contributed by atoms with Gasteiger partial charge in [-0.3, -0.25) is 9.59 Å². The highest BCUT2D eigenvalue weighted by Crippen LogP contribution is 2.14. The maximum atomic E-state index is 11.9. The minimum atomic E-state index is -0.920. The van der Waals surface area contributed by atoms with Crippen LogP contribution in [0.4, 0.5) is 0 Å². The minimum absolute atomic E-state index is 0.0635. The normalized spacial score (nSPS) is 25.9. The van der Waals surface area contributed by atoms with E-state index in [1.54, 1.807) is 0 Å². The molecule has 0 bridgehead atoms. The zero-order valence-corrected chi connectivity index (χ0v) is 10.2. The van der Waals surface area contributed by atoms with Gasteiger partial charge in [0.25, 0.3) is 0 Å². The number of carboxylic acid groups (broad SMARTS) is 1. The Labute approximate surface area is 101 Å². The quantitative estimate of drug-likeness (QED) is 0.609. The molecule has 6 nitrogen and oxygen atoms in total. The number of ether oxygens (including phenoxy) is 1. The monoisotopic (exact) mass is 244 g/mol. The molecule has 1 aliphatic heterocycles. The van der Waals surface area contributed by atoms with Crippen molar-refractivity contribution in [2.75, 3.05) is 13.2 Å². The van der Waals surface area contributed by atoms with Gasteiger partial charge in [-0.2, -0.15) is 0 Å². The van der Waals surface area contributed by atoms with Gasteiger partial charge in [0.15, 0.2) is 0 Å². The Morgan fingerprint density at radius 3 is 2.53 bits per heavy atom. The lowest BCUT2D eigenvalue weighted by molar-refractivity contribution is -0.138. The number of amides is 1. The molecule has 0 aromatic heterocycles. The minimum Gasteiger partial charge on any atom is -0.481 e. The van der Waals surface area contributed by atoms with E-state index >= 15 is 0 Å². The standard InChI is InChI=1S/C11H20N2O4/c1-6(2)9(3-10(14)15)13-11(16)7-4-17-5-8(7)12/h6-9H,3-5,12H2,1-2H3,(H,13,16)(H,14,15). The van der Waals surface area contributed by atoms with E-state index in [9.17, 15) is 9.59 Å². The molecule has 0 spiro atoms. The Morgan fingerprint density at radius 1 is 1.47 bits per heavy atom. The molecule has 4 N–H and O–H groups in total. The van der Waals surface area contributed by atoms with Crippen molar-refractivity contribution in [1.29, 1.82) is 0 Å². The third kappa shape index (κ3) is 3.98. The van der Waals surface area contributed by atoms with Crippen molar-refractivity contribution >= 4 is 11.9 Å². The zero-order valence-electron chi connectivity index (χ0n) is 10.2. The Hall–Kier alpha value is -1.14. The van der Waals surface area contributed by atoms with Gasteiger partial charge in [-0.15, -0.1) is 0 Å². The van der Waals surface area contributed by atoms with Crippen molar-refractivity contribution in [3.63, 3.8) is 0 Å². The highest BCUT2D eigenvalue weighted by Gasteiger charge is 2.33. The van der Waals surface area contributed by atoms with Gasteiger partial charge in [-0.25, -0.2) is 0 Å². The van der Waals surface area contributed by atoms with E-state index in [-0.39, 0.29) is 36.2 Å². The molecule has 0 radical (unpaired) electrons. The molecule has 17 heavy (non-hydrogen) atoms. The first-order valence-electron chi connectivity index (χ1n) is 5.77. The van der Waals surface area contributed by atoms with Crippen molar-refractivity contribution < 1.29 is 19.4 Å². The first-order chi connectivity index (χ1) is 7.91. The van der Waals surface area contributed by atoms with E-state index in [4.69, 9.17) is 15.6 Å². The Bertz CT molecular complexity index is 293. The Balaban J connectivity index is 2.54. The van der Waals surface area contributed by atoms with Gasteiger partial charge < -0.3 is 20.9 Å². The molecule has 3 unspecified atom stereocenters. The summed E-state index contributed by atoms with van der Waals surface area (Å²) in [7, 11) is 0. The number of rotatable bonds is 5. The van der Waals surface area contributed by atoms with Crippen LogP contribution in [-0.4, -0.2) is 42.3 Å². The molecule has 0 aromatic rings. The second-order valence-electron chi connectivity index (χ2n) is 4.76. The molecule has 0 saturated carbocycles. The van der Waals surface area contributed by atoms with E-state index < -0.39 is 5.97 Å². The number of aliphatic carboxylic acids is 1. The van der Waals surface area contributed by atoms with Crippen LogP contribution in [0, 0.1) is 11.8 Å². The second kappa shape index (κ2) is 5.97. The van der Waals surface area contributed by atoms with Gasteiger partial charge >= 0.3 is 5.97 Å². The third-order valence-electron chi connectivity index (χ3n) is 2.99. The van der Waals surface area contributed by atoms with E-state index in [2.05, 4.69) is 5.32 Å². The lowest BCUT2D eigenvalue weighted by Gasteiger charge is -2.23. The van der Waals surface area contributed by atoms with Gasteiger partial charge in [-0.05, 0) is 5.92 Å². The van der Waals surface area contributed by atoms with Crippen LogP contribution < -0.4 is 11.1 Å². The van der Waals surface area contributed by atoms with Crippen LogP contribution in [0.5, 0.6) is 0 Å². The Morgan fingerprint density at radius 2 is 2.12 bits per heavy atom. The number of carbonyl (C=O) groups is 2. The molecule has 1 aliphatic rings. The summed E-state index contributed by atoms with van der Waals surface area (Å²) in [4.78, 5) is 22.6. The molecule has 0 aromatic carbocycles. The highest BCUT2D eigenvalue weighted by atomic mass is 16.5. The number of nitrogens with one attached hydrogen (secondary N) is 1. The smallest absolute Gasteiger partial charge is 0.305 e. The van der Waals surface area contributed by atoms with Gasteiger partial charge in [0, 0.05) is 12.1 Å². The molecule has 1 saturated heterocycles. The van der Waals surface area contributed by atoms with Crippen LogP contribution >= 0.6 is 0 Å². The average Bonchev–Trinajstić information content (AvgIpc) is 2.62. The van der Waals surface area contributed by atoms with Crippen molar-refractivity contribution in [2.45, 2.75) is 32.4 Å². The number of hydrogen-bond donors (Lipinski definition) is 3. The molecule has 1 fully saturated rings. The van der Waals surface area contributed by atoms with Crippen LogP contribution in [0.2, 0.25) is 0 Å². The third-order valence-corrected chi connectivity index (χ3v) is 2.99. The van der Waals surface area contributed by atoms with Crippen LogP contribution in [0.15, 0.2) is 0 Å². The number of carboxylic acids is 1. The maximum absolute atomic E-state index is 11.9. The van der Waals surface area contributed by atoms with Gasteiger partial charge in [0.1, 0.15) is 0 Å². The summed E-state index contributed by atoms with van der Waals surface area (Å²) in [5, 5.41) is 11.5. The molecular formula is C11H20N2O4. The van der Waals surface area contributed by atoms with Gasteiger partial charge in [0.05, 0.1) is 25.6 Å². The molecule has 1 amide bonds. The molecule has 6 heteroatoms. The summed E-state index contributed by atoms with van der Waals surface area (Å²) >= 11 is 0. The predicted molar refractivity (Wildman–Crippen MR) is 61.3 cm³/mol. The SMILES string of the molecule is CC(C)C(CC(=O)O)NC(=O)C1COCC1N. The summed E-state index contributed by atoms with van der Waals surface area (Å²) in [6.45, 7) is 4.44. The van der Waals surface area contributed by atoms with Crippen molar-refractivity contribution in [1.82, 2.24) is 5.32 Å². The first-order valence-corrected chi connectivity index (χ1v) is 5.77. The first kappa shape index (κ1) is 13.9. The summed E-state index contributed by atoms with van der Waals surface area (Å²) in [6, 6.07) is -0.666. The molecule has 98 valence electrons.